The Morgan fingerprint density at radius 3 is 2.53 bits per heavy atom. The first-order valence-corrected chi connectivity index (χ1v) is 7.79. The van der Waals surface area contributed by atoms with Crippen molar-refractivity contribution in [3.63, 3.8) is 0 Å². The summed E-state index contributed by atoms with van der Waals surface area (Å²) in [6.45, 7) is 0. The number of amides is 1. The summed E-state index contributed by atoms with van der Waals surface area (Å²) in [4.78, 5) is 12.2. The molecule has 0 spiro atoms. The van der Waals surface area contributed by atoms with Gasteiger partial charge in [0.25, 0.3) is 5.91 Å². The fourth-order valence-electron chi connectivity index (χ4n) is 2.66. The molecule has 1 aliphatic rings. The topological polar surface area (TPSA) is 29.1 Å². The Kier molecular flexibility index (Phi) is 5.71. The summed E-state index contributed by atoms with van der Waals surface area (Å²) < 4.78 is 0. The van der Waals surface area contributed by atoms with Crippen LogP contribution in [0.2, 0.25) is 0 Å². The number of alkyl halides is 1. The van der Waals surface area contributed by atoms with Crippen molar-refractivity contribution in [2.24, 2.45) is 0 Å². The van der Waals surface area contributed by atoms with Gasteiger partial charge in [0.1, 0.15) is 0 Å². The zero-order valence-corrected chi connectivity index (χ0v) is 12.1. The number of rotatable bonds is 3. The molecule has 1 aromatic carbocycles. The van der Waals surface area contributed by atoms with Crippen LogP contribution in [0.15, 0.2) is 24.3 Å². The van der Waals surface area contributed by atoms with E-state index in [1.54, 1.807) is 0 Å². The molecule has 0 aromatic heterocycles. The van der Waals surface area contributed by atoms with Crippen molar-refractivity contribution in [3.8, 4) is 0 Å². The van der Waals surface area contributed by atoms with Gasteiger partial charge in [-0.25, -0.2) is 0 Å². The first-order chi connectivity index (χ1) is 9.29. The lowest BCUT2D eigenvalue weighted by molar-refractivity contribution is 0.0930. The molecule has 0 radical (unpaired) electrons. The van der Waals surface area contributed by atoms with Crippen molar-refractivity contribution in [3.05, 3.63) is 35.4 Å². The number of carbonyl (C=O) groups excluding carboxylic acids is 1. The quantitative estimate of drug-likeness (QED) is 0.823. The maximum Gasteiger partial charge on any atom is 0.251 e. The molecule has 0 bridgehead atoms. The van der Waals surface area contributed by atoms with Crippen LogP contribution in [0.3, 0.4) is 0 Å². The van der Waals surface area contributed by atoms with Gasteiger partial charge in [-0.3, -0.25) is 4.79 Å². The number of nitrogens with one attached hydrogen (secondary N) is 1. The lowest BCUT2D eigenvalue weighted by atomic mass is 9.96. The van der Waals surface area contributed by atoms with E-state index in [1.807, 2.05) is 24.3 Å². The molecular weight excluding hydrogens is 258 g/mol. The first kappa shape index (κ1) is 14.4. The third-order valence-corrected chi connectivity index (χ3v) is 4.09. The predicted octanol–water partition coefficient (Wildman–Crippen LogP) is 4.27. The van der Waals surface area contributed by atoms with Gasteiger partial charge in [0, 0.05) is 17.5 Å². The van der Waals surface area contributed by atoms with Gasteiger partial charge in [0.05, 0.1) is 0 Å². The maximum atomic E-state index is 12.2. The second-order valence-corrected chi connectivity index (χ2v) is 5.62. The minimum Gasteiger partial charge on any atom is -0.349 e. The van der Waals surface area contributed by atoms with Crippen LogP contribution in [0.1, 0.15) is 60.9 Å². The maximum absolute atomic E-state index is 12.2. The smallest absolute Gasteiger partial charge is 0.251 e. The summed E-state index contributed by atoms with van der Waals surface area (Å²) in [6.07, 6.45) is 8.63. The average Bonchev–Trinajstić information content (AvgIpc) is 2.41. The highest BCUT2D eigenvalue weighted by Gasteiger charge is 2.15. The predicted molar refractivity (Wildman–Crippen MR) is 79.6 cm³/mol. The molecule has 1 aromatic rings. The van der Waals surface area contributed by atoms with Crippen LogP contribution >= 0.6 is 11.6 Å². The second-order valence-electron chi connectivity index (χ2n) is 5.35. The highest BCUT2D eigenvalue weighted by molar-refractivity contribution is 6.17. The molecule has 104 valence electrons. The van der Waals surface area contributed by atoms with Gasteiger partial charge in [-0.05, 0) is 30.5 Å². The molecule has 1 aliphatic carbocycles. The van der Waals surface area contributed by atoms with Gasteiger partial charge in [0.15, 0.2) is 0 Å². The minimum absolute atomic E-state index is 0.0394. The van der Waals surface area contributed by atoms with E-state index in [0.717, 1.165) is 24.0 Å². The lowest BCUT2D eigenvalue weighted by Crippen LogP contribution is -2.35. The van der Waals surface area contributed by atoms with Crippen molar-refractivity contribution >= 4 is 17.5 Å². The summed E-state index contributed by atoms with van der Waals surface area (Å²) in [5.74, 6) is 0.488. The van der Waals surface area contributed by atoms with Crippen molar-refractivity contribution in [1.82, 2.24) is 5.32 Å². The lowest BCUT2D eigenvalue weighted by Gasteiger charge is -2.21. The zero-order chi connectivity index (χ0) is 13.5. The van der Waals surface area contributed by atoms with Gasteiger partial charge >= 0.3 is 0 Å². The fourth-order valence-corrected chi connectivity index (χ4v) is 2.83. The molecule has 1 saturated carbocycles. The average molecular weight is 280 g/mol. The van der Waals surface area contributed by atoms with E-state index in [1.165, 1.54) is 32.1 Å². The van der Waals surface area contributed by atoms with E-state index in [4.69, 9.17) is 11.6 Å². The van der Waals surface area contributed by atoms with Gasteiger partial charge in [0.2, 0.25) is 0 Å². The van der Waals surface area contributed by atoms with Crippen LogP contribution < -0.4 is 5.32 Å². The molecule has 1 amide bonds. The van der Waals surface area contributed by atoms with Crippen LogP contribution in [-0.4, -0.2) is 11.9 Å². The van der Waals surface area contributed by atoms with E-state index in [0.29, 0.717) is 11.9 Å². The highest BCUT2D eigenvalue weighted by atomic mass is 35.5. The third kappa shape index (κ3) is 4.54. The molecule has 1 N–H and O–H groups in total. The molecule has 0 unspecified atom stereocenters. The summed E-state index contributed by atoms with van der Waals surface area (Å²) in [5.41, 5.74) is 1.71. The Morgan fingerprint density at radius 1 is 1.16 bits per heavy atom. The van der Waals surface area contributed by atoms with Gasteiger partial charge in [-0.15, -0.1) is 11.6 Å². The Bertz CT molecular complexity index is 411. The van der Waals surface area contributed by atoms with Crippen molar-refractivity contribution in [2.75, 3.05) is 0 Å². The van der Waals surface area contributed by atoms with E-state index in [-0.39, 0.29) is 5.91 Å². The molecule has 2 rings (SSSR count). The molecule has 0 saturated heterocycles. The van der Waals surface area contributed by atoms with Crippen LogP contribution in [0.25, 0.3) is 0 Å². The van der Waals surface area contributed by atoms with Gasteiger partial charge in [-0.2, -0.15) is 0 Å². The molecule has 2 nitrogen and oxygen atoms in total. The second kappa shape index (κ2) is 7.54. The summed E-state index contributed by atoms with van der Waals surface area (Å²) in [5, 5.41) is 3.17. The Labute approximate surface area is 120 Å². The van der Waals surface area contributed by atoms with E-state index >= 15 is 0 Å². The van der Waals surface area contributed by atoms with E-state index in [2.05, 4.69) is 5.32 Å². The number of hydrogen-bond donors (Lipinski definition) is 1. The summed E-state index contributed by atoms with van der Waals surface area (Å²) >= 11 is 5.80. The van der Waals surface area contributed by atoms with Gasteiger partial charge in [-0.1, -0.05) is 44.2 Å². The molecule has 0 heterocycles. The van der Waals surface area contributed by atoms with Crippen LogP contribution in [-0.2, 0) is 5.88 Å². The monoisotopic (exact) mass is 279 g/mol. The van der Waals surface area contributed by atoms with Crippen LogP contribution in [0.4, 0.5) is 0 Å². The van der Waals surface area contributed by atoms with Crippen molar-refractivity contribution < 1.29 is 4.79 Å². The summed E-state index contributed by atoms with van der Waals surface area (Å²) in [7, 11) is 0. The zero-order valence-electron chi connectivity index (χ0n) is 11.3. The molecule has 19 heavy (non-hydrogen) atoms. The standard InChI is InChI=1S/C16H22ClNO/c17-12-13-7-6-8-14(11-13)16(19)18-15-9-4-2-1-3-5-10-15/h6-8,11,15H,1-5,9-10,12H2,(H,18,19). The SMILES string of the molecule is O=C(NC1CCCCCCC1)c1cccc(CCl)c1. The molecule has 0 atom stereocenters. The van der Waals surface area contributed by atoms with Crippen molar-refractivity contribution in [2.45, 2.75) is 56.9 Å². The van der Waals surface area contributed by atoms with E-state index < -0.39 is 0 Å². The largest absolute Gasteiger partial charge is 0.349 e. The molecule has 3 heteroatoms. The Hall–Kier alpha value is -1.02. The highest BCUT2D eigenvalue weighted by Crippen LogP contribution is 2.17. The van der Waals surface area contributed by atoms with Crippen LogP contribution in [0.5, 0.6) is 0 Å². The molecular formula is C16H22ClNO. The van der Waals surface area contributed by atoms with E-state index in [9.17, 15) is 4.79 Å². The Balaban J connectivity index is 1.94. The van der Waals surface area contributed by atoms with Crippen molar-refractivity contribution in [1.29, 1.82) is 0 Å². The first-order valence-electron chi connectivity index (χ1n) is 7.25. The number of halogens is 1. The Morgan fingerprint density at radius 2 is 1.84 bits per heavy atom. The summed E-state index contributed by atoms with van der Waals surface area (Å²) in [6, 6.07) is 7.91. The molecule has 0 aliphatic heterocycles. The fraction of sp³-hybridized carbons (Fsp3) is 0.562. The van der Waals surface area contributed by atoms with Gasteiger partial charge < -0.3 is 5.32 Å². The molecule has 1 fully saturated rings. The van der Waals surface area contributed by atoms with Crippen LogP contribution in [0, 0.1) is 0 Å². The third-order valence-electron chi connectivity index (χ3n) is 3.78. The number of benzene rings is 1. The minimum atomic E-state index is 0.0394. The normalized spacial score (nSPS) is 17.5. The number of hydrogen-bond acceptors (Lipinski definition) is 1. The number of carbonyl (C=O) groups is 1.